The van der Waals surface area contributed by atoms with Crippen LogP contribution in [0, 0.1) is 0 Å². The van der Waals surface area contributed by atoms with Gasteiger partial charge >= 0.3 is 0 Å². The molecule has 2 aromatic carbocycles. The Kier molecular flexibility index (Phi) is 5.70. The highest BCUT2D eigenvalue weighted by Crippen LogP contribution is 2.20. The molecule has 4 heteroatoms. The van der Waals surface area contributed by atoms with Crippen molar-refractivity contribution in [2.75, 3.05) is 33.3 Å². The van der Waals surface area contributed by atoms with Crippen LogP contribution in [0.5, 0.6) is 5.75 Å². The van der Waals surface area contributed by atoms with Gasteiger partial charge in [-0.3, -0.25) is 9.80 Å². The lowest BCUT2D eigenvalue weighted by molar-refractivity contribution is 0.121. The number of ether oxygens (including phenoxy) is 1. The first kappa shape index (κ1) is 16.5. The molecule has 0 N–H and O–H groups in total. The molecule has 0 atom stereocenters. The topological polar surface area (TPSA) is 15.7 Å². The molecule has 2 aromatic rings. The third kappa shape index (κ3) is 4.56. The first-order chi connectivity index (χ1) is 11.2. The summed E-state index contributed by atoms with van der Waals surface area (Å²) in [6.45, 7) is 6.45. The first-order valence-electron chi connectivity index (χ1n) is 8.05. The standard InChI is InChI=1S/C19H23BrN2O/c1-23-19-5-3-2-4-17(19)15-22-12-10-21(11-13-22)14-16-6-8-18(20)9-7-16/h2-9H,10-15H2,1H3. The molecule has 0 amide bonds. The molecule has 1 aliphatic heterocycles. The maximum absolute atomic E-state index is 5.46. The van der Waals surface area contributed by atoms with Crippen molar-refractivity contribution in [1.82, 2.24) is 9.80 Å². The van der Waals surface area contributed by atoms with E-state index >= 15 is 0 Å². The van der Waals surface area contributed by atoms with E-state index in [1.165, 1.54) is 11.1 Å². The van der Waals surface area contributed by atoms with Gasteiger partial charge in [-0.2, -0.15) is 0 Å². The molecular weight excluding hydrogens is 352 g/mol. The highest BCUT2D eigenvalue weighted by Gasteiger charge is 2.18. The summed E-state index contributed by atoms with van der Waals surface area (Å²) in [5, 5.41) is 0. The minimum Gasteiger partial charge on any atom is -0.496 e. The van der Waals surface area contributed by atoms with Gasteiger partial charge in [0.1, 0.15) is 5.75 Å². The second-order valence-corrected chi connectivity index (χ2v) is 6.91. The maximum Gasteiger partial charge on any atom is 0.123 e. The molecule has 1 saturated heterocycles. The second kappa shape index (κ2) is 7.95. The smallest absolute Gasteiger partial charge is 0.123 e. The molecule has 0 aromatic heterocycles. The van der Waals surface area contributed by atoms with Gasteiger partial charge in [-0.25, -0.2) is 0 Å². The van der Waals surface area contributed by atoms with Gasteiger partial charge in [-0.15, -0.1) is 0 Å². The Balaban J connectivity index is 1.51. The normalized spacial score (nSPS) is 16.4. The number of para-hydroxylation sites is 1. The molecule has 3 rings (SSSR count). The SMILES string of the molecule is COc1ccccc1CN1CCN(Cc2ccc(Br)cc2)CC1. The van der Waals surface area contributed by atoms with Crippen LogP contribution in [0.4, 0.5) is 0 Å². The number of hydrogen-bond donors (Lipinski definition) is 0. The number of piperazine rings is 1. The molecular formula is C19H23BrN2O. The van der Waals surface area contributed by atoms with Gasteiger partial charge in [-0.1, -0.05) is 46.3 Å². The van der Waals surface area contributed by atoms with Gasteiger partial charge in [-0.05, 0) is 23.8 Å². The van der Waals surface area contributed by atoms with Gasteiger partial charge in [0, 0.05) is 49.3 Å². The summed E-state index contributed by atoms with van der Waals surface area (Å²) < 4.78 is 6.60. The number of nitrogens with zero attached hydrogens (tertiary/aromatic N) is 2. The molecule has 1 heterocycles. The van der Waals surface area contributed by atoms with Gasteiger partial charge in [0.15, 0.2) is 0 Å². The molecule has 0 bridgehead atoms. The van der Waals surface area contributed by atoms with Crippen molar-refractivity contribution in [3.8, 4) is 5.75 Å². The fourth-order valence-electron chi connectivity index (χ4n) is 3.03. The Morgan fingerprint density at radius 3 is 2.13 bits per heavy atom. The van der Waals surface area contributed by atoms with E-state index in [-0.39, 0.29) is 0 Å². The first-order valence-corrected chi connectivity index (χ1v) is 8.85. The number of rotatable bonds is 5. The largest absolute Gasteiger partial charge is 0.496 e. The van der Waals surface area contributed by atoms with Crippen molar-refractivity contribution in [3.05, 3.63) is 64.1 Å². The van der Waals surface area contributed by atoms with Crippen molar-refractivity contribution >= 4 is 15.9 Å². The average Bonchev–Trinajstić information content (AvgIpc) is 2.59. The van der Waals surface area contributed by atoms with Crippen LogP contribution in [0.1, 0.15) is 11.1 Å². The molecule has 23 heavy (non-hydrogen) atoms. The van der Waals surface area contributed by atoms with E-state index in [4.69, 9.17) is 4.74 Å². The monoisotopic (exact) mass is 374 g/mol. The number of halogens is 1. The van der Waals surface area contributed by atoms with E-state index in [0.717, 1.165) is 49.5 Å². The molecule has 0 aliphatic carbocycles. The molecule has 0 spiro atoms. The lowest BCUT2D eigenvalue weighted by atomic mass is 10.1. The molecule has 0 unspecified atom stereocenters. The van der Waals surface area contributed by atoms with Crippen molar-refractivity contribution in [2.45, 2.75) is 13.1 Å². The third-order valence-electron chi connectivity index (χ3n) is 4.37. The maximum atomic E-state index is 5.46. The molecule has 3 nitrogen and oxygen atoms in total. The van der Waals surface area contributed by atoms with Crippen LogP contribution in [-0.4, -0.2) is 43.1 Å². The van der Waals surface area contributed by atoms with Gasteiger partial charge < -0.3 is 4.74 Å². The van der Waals surface area contributed by atoms with Crippen molar-refractivity contribution in [3.63, 3.8) is 0 Å². The van der Waals surface area contributed by atoms with Crippen molar-refractivity contribution in [1.29, 1.82) is 0 Å². The highest BCUT2D eigenvalue weighted by atomic mass is 79.9. The fourth-order valence-corrected chi connectivity index (χ4v) is 3.29. The van der Waals surface area contributed by atoms with Crippen LogP contribution in [0.25, 0.3) is 0 Å². The fraction of sp³-hybridized carbons (Fsp3) is 0.368. The summed E-state index contributed by atoms with van der Waals surface area (Å²) in [4.78, 5) is 5.04. The minimum atomic E-state index is 0.968. The lowest BCUT2D eigenvalue weighted by Gasteiger charge is -2.35. The van der Waals surface area contributed by atoms with Gasteiger partial charge in [0.2, 0.25) is 0 Å². The summed E-state index contributed by atoms with van der Waals surface area (Å²) in [6.07, 6.45) is 0. The van der Waals surface area contributed by atoms with Crippen LogP contribution in [-0.2, 0) is 13.1 Å². The van der Waals surface area contributed by atoms with E-state index < -0.39 is 0 Å². The predicted octanol–water partition coefficient (Wildman–Crippen LogP) is 3.78. The second-order valence-electron chi connectivity index (χ2n) is 5.99. The van der Waals surface area contributed by atoms with E-state index in [2.05, 4.69) is 62.1 Å². The average molecular weight is 375 g/mol. The van der Waals surface area contributed by atoms with Gasteiger partial charge in [0.25, 0.3) is 0 Å². The van der Waals surface area contributed by atoms with Crippen LogP contribution >= 0.6 is 15.9 Å². The summed E-state index contributed by atoms with van der Waals surface area (Å²) >= 11 is 3.49. The zero-order valence-electron chi connectivity index (χ0n) is 13.5. The Bertz CT molecular complexity index is 622. The summed E-state index contributed by atoms with van der Waals surface area (Å²) in [6, 6.07) is 16.9. The molecule has 1 aliphatic rings. The predicted molar refractivity (Wildman–Crippen MR) is 97.7 cm³/mol. The van der Waals surface area contributed by atoms with Crippen molar-refractivity contribution in [2.24, 2.45) is 0 Å². The minimum absolute atomic E-state index is 0.968. The molecule has 0 saturated carbocycles. The lowest BCUT2D eigenvalue weighted by Crippen LogP contribution is -2.45. The van der Waals surface area contributed by atoms with E-state index in [1.807, 2.05) is 12.1 Å². The Morgan fingerprint density at radius 1 is 0.870 bits per heavy atom. The quantitative estimate of drug-likeness (QED) is 0.791. The van der Waals surface area contributed by atoms with Crippen LogP contribution in [0.2, 0.25) is 0 Å². The van der Waals surface area contributed by atoms with Crippen LogP contribution in [0.15, 0.2) is 53.0 Å². The summed E-state index contributed by atoms with van der Waals surface area (Å²) in [5.41, 5.74) is 2.66. The summed E-state index contributed by atoms with van der Waals surface area (Å²) in [5.74, 6) is 0.991. The van der Waals surface area contributed by atoms with E-state index in [1.54, 1.807) is 7.11 Å². The van der Waals surface area contributed by atoms with E-state index in [0.29, 0.717) is 0 Å². The van der Waals surface area contributed by atoms with Crippen LogP contribution in [0.3, 0.4) is 0 Å². The number of hydrogen-bond acceptors (Lipinski definition) is 3. The summed E-state index contributed by atoms with van der Waals surface area (Å²) in [7, 11) is 1.75. The van der Waals surface area contributed by atoms with Crippen molar-refractivity contribution < 1.29 is 4.74 Å². The number of methoxy groups -OCH3 is 1. The highest BCUT2D eigenvalue weighted by molar-refractivity contribution is 9.10. The van der Waals surface area contributed by atoms with Crippen LogP contribution < -0.4 is 4.74 Å². The third-order valence-corrected chi connectivity index (χ3v) is 4.90. The Labute approximate surface area is 147 Å². The number of benzene rings is 2. The molecule has 0 radical (unpaired) electrons. The molecule has 1 fully saturated rings. The molecule has 122 valence electrons. The Hall–Kier alpha value is -1.36. The Morgan fingerprint density at radius 2 is 1.48 bits per heavy atom. The zero-order chi connectivity index (χ0) is 16.1. The zero-order valence-corrected chi connectivity index (χ0v) is 15.1. The van der Waals surface area contributed by atoms with E-state index in [9.17, 15) is 0 Å². The van der Waals surface area contributed by atoms with Gasteiger partial charge in [0.05, 0.1) is 7.11 Å².